The predicted molar refractivity (Wildman–Crippen MR) is 66.2 cm³/mol. The van der Waals surface area contributed by atoms with E-state index >= 15 is 0 Å². The molecular formula is C11H21ClN2O3. The average molecular weight is 265 g/mol. The van der Waals surface area contributed by atoms with E-state index in [0.717, 1.165) is 25.8 Å². The molecule has 6 heteroatoms. The van der Waals surface area contributed by atoms with Crippen molar-refractivity contribution in [3.05, 3.63) is 0 Å². The summed E-state index contributed by atoms with van der Waals surface area (Å²) in [4.78, 5) is 14.1. The number of likely N-dealkylation sites (tertiary alicyclic amines) is 1. The van der Waals surface area contributed by atoms with Gasteiger partial charge in [0.1, 0.15) is 0 Å². The Hall–Kier alpha value is -0.360. The summed E-state index contributed by atoms with van der Waals surface area (Å²) < 4.78 is 10.7. The maximum absolute atomic E-state index is 12.2. The second-order valence-corrected chi connectivity index (χ2v) is 4.35. The number of nitrogens with zero attached hydrogens (tertiary/aromatic N) is 1. The molecule has 0 aromatic heterocycles. The Morgan fingerprint density at radius 3 is 2.82 bits per heavy atom. The van der Waals surface area contributed by atoms with Crippen molar-refractivity contribution in [1.82, 2.24) is 4.90 Å². The van der Waals surface area contributed by atoms with Gasteiger partial charge in [-0.15, -0.1) is 12.4 Å². The second kappa shape index (κ2) is 7.16. The Balaban J connectivity index is 0.00000144. The normalized spacial score (nSPS) is 29.6. The maximum atomic E-state index is 12.2. The molecule has 0 aromatic carbocycles. The lowest BCUT2D eigenvalue weighted by Gasteiger charge is -2.37. The zero-order chi connectivity index (χ0) is 11.4. The minimum Gasteiger partial charge on any atom is -0.376 e. The molecule has 0 aromatic rings. The summed E-state index contributed by atoms with van der Waals surface area (Å²) in [5.74, 6) is 0.0508. The Morgan fingerprint density at radius 2 is 2.18 bits per heavy atom. The van der Waals surface area contributed by atoms with Crippen LogP contribution in [0.4, 0.5) is 0 Å². The third-order valence-electron chi connectivity index (χ3n) is 3.27. The number of carbonyl (C=O) groups excluding carboxylic acids is 1. The molecule has 100 valence electrons. The highest BCUT2D eigenvalue weighted by molar-refractivity contribution is 5.85. The molecule has 1 amide bonds. The first-order valence-corrected chi connectivity index (χ1v) is 6.03. The molecule has 0 radical (unpaired) electrons. The van der Waals surface area contributed by atoms with Crippen LogP contribution in [-0.2, 0) is 14.3 Å². The van der Waals surface area contributed by atoms with Crippen LogP contribution in [0.15, 0.2) is 0 Å². The van der Waals surface area contributed by atoms with Gasteiger partial charge in [-0.2, -0.15) is 0 Å². The zero-order valence-corrected chi connectivity index (χ0v) is 10.8. The Morgan fingerprint density at radius 1 is 1.35 bits per heavy atom. The monoisotopic (exact) mass is 264 g/mol. The van der Waals surface area contributed by atoms with Crippen LogP contribution in [0.3, 0.4) is 0 Å². The zero-order valence-electron chi connectivity index (χ0n) is 9.97. The van der Waals surface area contributed by atoms with Crippen LogP contribution >= 0.6 is 12.4 Å². The highest BCUT2D eigenvalue weighted by Gasteiger charge is 2.32. The van der Waals surface area contributed by atoms with Crippen LogP contribution in [-0.4, -0.2) is 55.9 Å². The lowest BCUT2D eigenvalue weighted by atomic mass is 10.0. The van der Waals surface area contributed by atoms with Crippen LogP contribution in [0.2, 0.25) is 0 Å². The molecule has 5 nitrogen and oxygen atoms in total. The molecule has 2 aliphatic heterocycles. The van der Waals surface area contributed by atoms with Crippen molar-refractivity contribution < 1.29 is 14.3 Å². The molecule has 17 heavy (non-hydrogen) atoms. The molecule has 0 aliphatic carbocycles. The number of amides is 1. The van der Waals surface area contributed by atoms with Gasteiger partial charge in [0.05, 0.1) is 19.8 Å². The van der Waals surface area contributed by atoms with Gasteiger partial charge in [0.25, 0.3) is 5.91 Å². The van der Waals surface area contributed by atoms with Gasteiger partial charge in [-0.25, -0.2) is 0 Å². The number of halogens is 1. The van der Waals surface area contributed by atoms with E-state index in [0.29, 0.717) is 26.4 Å². The summed E-state index contributed by atoms with van der Waals surface area (Å²) in [6.45, 7) is 2.83. The highest BCUT2D eigenvalue weighted by atomic mass is 35.5. The van der Waals surface area contributed by atoms with Crippen molar-refractivity contribution in [1.29, 1.82) is 0 Å². The van der Waals surface area contributed by atoms with E-state index < -0.39 is 6.10 Å². The standard InChI is InChI=1S/C11H20N2O3.ClH/c12-7-9-3-1-2-4-13(9)11(14)10-8-15-5-6-16-10;/h9-10H,1-8,12H2;1H. The van der Waals surface area contributed by atoms with Crippen LogP contribution < -0.4 is 5.73 Å². The smallest absolute Gasteiger partial charge is 0.254 e. The van der Waals surface area contributed by atoms with E-state index in [-0.39, 0.29) is 24.4 Å². The first kappa shape index (κ1) is 14.7. The molecule has 2 aliphatic rings. The Bertz CT molecular complexity index is 247. The van der Waals surface area contributed by atoms with Crippen molar-refractivity contribution in [3.63, 3.8) is 0 Å². The van der Waals surface area contributed by atoms with Crippen LogP contribution in [0.1, 0.15) is 19.3 Å². The number of hydrogen-bond acceptors (Lipinski definition) is 4. The average Bonchev–Trinajstić information content (AvgIpc) is 2.39. The van der Waals surface area contributed by atoms with Crippen LogP contribution in [0, 0.1) is 0 Å². The fraction of sp³-hybridized carbons (Fsp3) is 0.909. The summed E-state index contributed by atoms with van der Waals surface area (Å²) in [5, 5.41) is 0. The summed E-state index contributed by atoms with van der Waals surface area (Å²) >= 11 is 0. The number of rotatable bonds is 2. The van der Waals surface area contributed by atoms with Crippen molar-refractivity contribution in [2.75, 3.05) is 32.9 Å². The van der Waals surface area contributed by atoms with Gasteiger partial charge in [-0.3, -0.25) is 4.79 Å². The van der Waals surface area contributed by atoms with E-state index in [2.05, 4.69) is 0 Å². The highest BCUT2D eigenvalue weighted by Crippen LogP contribution is 2.18. The molecule has 2 heterocycles. The van der Waals surface area contributed by atoms with E-state index in [1.54, 1.807) is 0 Å². The van der Waals surface area contributed by atoms with Gasteiger partial charge in [-0.1, -0.05) is 0 Å². The molecule has 2 N–H and O–H groups in total. The maximum Gasteiger partial charge on any atom is 0.254 e. The van der Waals surface area contributed by atoms with Gasteiger partial charge in [-0.05, 0) is 19.3 Å². The van der Waals surface area contributed by atoms with Crippen LogP contribution in [0.5, 0.6) is 0 Å². The largest absolute Gasteiger partial charge is 0.376 e. The molecule has 2 fully saturated rings. The van der Waals surface area contributed by atoms with Crippen molar-refractivity contribution in [2.24, 2.45) is 5.73 Å². The van der Waals surface area contributed by atoms with Gasteiger partial charge >= 0.3 is 0 Å². The first-order chi connectivity index (χ1) is 7.83. The SMILES string of the molecule is Cl.NCC1CCCCN1C(=O)C1COCCO1. The first-order valence-electron chi connectivity index (χ1n) is 6.03. The summed E-state index contributed by atoms with van der Waals surface area (Å²) in [6.07, 6.45) is 2.82. The molecule has 0 saturated carbocycles. The molecule has 0 spiro atoms. The fourth-order valence-electron chi connectivity index (χ4n) is 2.35. The van der Waals surface area contributed by atoms with Crippen LogP contribution in [0.25, 0.3) is 0 Å². The van der Waals surface area contributed by atoms with Gasteiger partial charge in [0, 0.05) is 19.1 Å². The summed E-state index contributed by atoms with van der Waals surface area (Å²) in [5.41, 5.74) is 5.70. The molecule has 2 saturated heterocycles. The lowest BCUT2D eigenvalue weighted by molar-refractivity contribution is -0.161. The van der Waals surface area contributed by atoms with Crippen molar-refractivity contribution >= 4 is 18.3 Å². The van der Waals surface area contributed by atoms with E-state index in [1.807, 2.05) is 4.90 Å². The van der Waals surface area contributed by atoms with E-state index in [4.69, 9.17) is 15.2 Å². The molecular weight excluding hydrogens is 244 g/mol. The third kappa shape index (κ3) is 3.55. The van der Waals surface area contributed by atoms with Crippen molar-refractivity contribution in [3.8, 4) is 0 Å². The van der Waals surface area contributed by atoms with Gasteiger partial charge < -0.3 is 20.1 Å². The summed E-state index contributed by atoms with van der Waals surface area (Å²) in [7, 11) is 0. The number of carbonyl (C=O) groups is 1. The number of ether oxygens (including phenoxy) is 2. The lowest BCUT2D eigenvalue weighted by Crippen LogP contribution is -2.53. The Labute approximate surface area is 108 Å². The van der Waals surface area contributed by atoms with Gasteiger partial charge in [0.15, 0.2) is 6.10 Å². The van der Waals surface area contributed by atoms with E-state index in [9.17, 15) is 4.79 Å². The van der Waals surface area contributed by atoms with Crippen molar-refractivity contribution in [2.45, 2.75) is 31.4 Å². The Kier molecular flexibility index (Phi) is 6.19. The summed E-state index contributed by atoms with van der Waals surface area (Å²) in [6, 6.07) is 0.187. The quantitative estimate of drug-likeness (QED) is 0.772. The third-order valence-corrected chi connectivity index (χ3v) is 3.27. The molecule has 2 unspecified atom stereocenters. The number of nitrogens with two attached hydrogens (primary N) is 1. The molecule has 2 rings (SSSR count). The minimum atomic E-state index is -0.416. The number of piperidine rings is 1. The van der Waals surface area contributed by atoms with E-state index in [1.165, 1.54) is 0 Å². The minimum absolute atomic E-state index is 0. The second-order valence-electron chi connectivity index (χ2n) is 4.35. The predicted octanol–water partition coefficient (Wildman–Crippen LogP) is 0.163. The topological polar surface area (TPSA) is 64.8 Å². The molecule has 2 atom stereocenters. The van der Waals surface area contributed by atoms with Gasteiger partial charge in [0.2, 0.25) is 0 Å². The fourth-order valence-corrected chi connectivity index (χ4v) is 2.35. The molecule has 0 bridgehead atoms. The number of hydrogen-bond donors (Lipinski definition) is 1.